The topological polar surface area (TPSA) is 90.7 Å². The summed E-state index contributed by atoms with van der Waals surface area (Å²) in [4.78, 5) is 22.6. The zero-order valence-electron chi connectivity index (χ0n) is 11.4. The van der Waals surface area contributed by atoms with Gasteiger partial charge in [-0.25, -0.2) is 0 Å². The lowest BCUT2D eigenvalue weighted by Crippen LogP contribution is -2.17. The van der Waals surface area contributed by atoms with Crippen LogP contribution in [0.25, 0.3) is 0 Å². The molecular formula is C15H12N2O5. The number of nitrogens with one attached hydrogen (secondary N) is 1. The summed E-state index contributed by atoms with van der Waals surface area (Å²) in [5.41, 5.74) is 0.243. The Morgan fingerprint density at radius 3 is 2.59 bits per heavy atom. The summed E-state index contributed by atoms with van der Waals surface area (Å²) in [6, 6.07) is 10.7. The van der Waals surface area contributed by atoms with Crippen LogP contribution in [-0.4, -0.2) is 24.0 Å². The standard InChI is InChI=1S/C15H12N2O5/c18-15(11-3-1-2-4-12(11)17(19)20)16-10-5-6-13-14(9-10)22-8-7-21-13/h1-6,9H,7-8H2,(H,16,18). The number of hydrogen-bond acceptors (Lipinski definition) is 5. The summed E-state index contributed by atoms with van der Waals surface area (Å²) in [5, 5.41) is 13.6. The van der Waals surface area contributed by atoms with E-state index in [9.17, 15) is 14.9 Å². The lowest BCUT2D eigenvalue weighted by atomic mass is 10.1. The van der Waals surface area contributed by atoms with Gasteiger partial charge < -0.3 is 14.8 Å². The molecule has 1 amide bonds. The van der Waals surface area contributed by atoms with Crippen molar-refractivity contribution in [3.8, 4) is 11.5 Å². The molecule has 0 atom stereocenters. The number of hydrogen-bond donors (Lipinski definition) is 1. The van der Waals surface area contributed by atoms with Crippen molar-refractivity contribution in [2.75, 3.05) is 18.5 Å². The Morgan fingerprint density at radius 2 is 1.82 bits per heavy atom. The van der Waals surface area contributed by atoms with Crippen molar-refractivity contribution in [3.63, 3.8) is 0 Å². The predicted octanol–water partition coefficient (Wildman–Crippen LogP) is 2.62. The molecule has 3 rings (SSSR count). The van der Waals surface area contributed by atoms with E-state index in [1.807, 2.05) is 0 Å². The molecule has 1 aliphatic heterocycles. The second-order valence-electron chi connectivity index (χ2n) is 4.59. The fraction of sp³-hybridized carbons (Fsp3) is 0.133. The molecular weight excluding hydrogens is 288 g/mol. The van der Waals surface area contributed by atoms with Crippen molar-refractivity contribution < 1.29 is 19.2 Å². The van der Waals surface area contributed by atoms with Crippen molar-refractivity contribution >= 4 is 17.3 Å². The first-order chi connectivity index (χ1) is 10.6. The fourth-order valence-electron chi connectivity index (χ4n) is 2.14. The number of amides is 1. The summed E-state index contributed by atoms with van der Waals surface area (Å²) >= 11 is 0. The molecule has 1 heterocycles. The molecule has 0 unspecified atom stereocenters. The Hall–Kier alpha value is -3.09. The number of carbonyl (C=O) groups is 1. The Morgan fingerprint density at radius 1 is 1.09 bits per heavy atom. The Kier molecular flexibility index (Phi) is 3.61. The number of anilines is 1. The second-order valence-corrected chi connectivity index (χ2v) is 4.59. The number of rotatable bonds is 3. The maximum absolute atomic E-state index is 12.2. The van der Waals surface area contributed by atoms with E-state index < -0.39 is 10.8 Å². The van der Waals surface area contributed by atoms with Crippen LogP contribution < -0.4 is 14.8 Å². The number of nitro groups is 1. The molecule has 2 aromatic carbocycles. The summed E-state index contributed by atoms with van der Waals surface area (Å²) < 4.78 is 10.8. The molecule has 22 heavy (non-hydrogen) atoms. The minimum absolute atomic E-state index is 0.00221. The van der Waals surface area contributed by atoms with Crippen LogP contribution in [0.1, 0.15) is 10.4 Å². The van der Waals surface area contributed by atoms with Crippen molar-refractivity contribution in [2.45, 2.75) is 0 Å². The van der Waals surface area contributed by atoms with E-state index in [1.54, 1.807) is 24.3 Å². The molecule has 0 saturated carbocycles. The Labute approximate surface area is 125 Å². The fourth-order valence-corrected chi connectivity index (χ4v) is 2.14. The van der Waals surface area contributed by atoms with Gasteiger partial charge in [0, 0.05) is 17.8 Å². The van der Waals surface area contributed by atoms with E-state index >= 15 is 0 Å². The molecule has 1 N–H and O–H groups in total. The monoisotopic (exact) mass is 300 g/mol. The lowest BCUT2D eigenvalue weighted by molar-refractivity contribution is -0.385. The first-order valence-corrected chi connectivity index (χ1v) is 6.59. The van der Waals surface area contributed by atoms with E-state index in [1.165, 1.54) is 18.2 Å². The second kappa shape index (κ2) is 5.72. The largest absolute Gasteiger partial charge is 0.486 e. The van der Waals surface area contributed by atoms with Crippen LogP contribution in [-0.2, 0) is 0 Å². The van der Waals surface area contributed by atoms with Crippen LogP contribution in [0.4, 0.5) is 11.4 Å². The normalized spacial score (nSPS) is 12.5. The van der Waals surface area contributed by atoms with Crippen LogP contribution in [0.2, 0.25) is 0 Å². The quantitative estimate of drug-likeness (QED) is 0.695. The molecule has 7 nitrogen and oxygen atoms in total. The van der Waals surface area contributed by atoms with Gasteiger partial charge in [-0.05, 0) is 18.2 Å². The molecule has 0 spiro atoms. The highest BCUT2D eigenvalue weighted by Gasteiger charge is 2.20. The molecule has 0 aromatic heterocycles. The SMILES string of the molecule is O=C(Nc1ccc2c(c1)OCCO2)c1ccccc1[N+](=O)[O-]. The molecule has 0 fully saturated rings. The predicted molar refractivity (Wildman–Crippen MR) is 78.5 cm³/mol. The van der Waals surface area contributed by atoms with Gasteiger partial charge in [-0.2, -0.15) is 0 Å². The van der Waals surface area contributed by atoms with Gasteiger partial charge in [0.1, 0.15) is 18.8 Å². The number of nitrogens with zero attached hydrogens (tertiary/aromatic N) is 1. The number of nitro benzene ring substituents is 1. The number of carbonyl (C=O) groups excluding carboxylic acids is 1. The summed E-state index contributed by atoms with van der Waals surface area (Å²) in [6.45, 7) is 0.920. The zero-order valence-corrected chi connectivity index (χ0v) is 11.4. The third-order valence-corrected chi connectivity index (χ3v) is 3.15. The van der Waals surface area contributed by atoms with Gasteiger partial charge in [-0.15, -0.1) is 0 Å². The molecule has 0 aliphatic carbocycles. The highest BCUT2D eigenvalue weighted by atomic mass is 16.6. The average Bonchev–Trinajstić information content (AvgIpc) is 2.54. The molecule has 7 heteroatoms. The van der Waals surface area contributed by atoms with E-state index in [4.69, 9.17) is 9.47 Å². The van der Waals surface area contributed by atoms with Crippen LogP contribution in [0.3, 0.4) is 0 Å². The molecule has 0 bridgehead atoms. The maximum atomic E-state index is 12.2. The summed E-state index contributed by atoms with van der Waals surface area (Å²) in [6.07, 6.45) is 0. The van der Waals surface area contributed by atoms with Gasteiger partial charge in [0.05, 0.1) is 4.92 Å². The van der Waals surface area contributed by atoms with Crippen molar-refractivity contribution in [2.24, 2.45) is 0 Å². The molecule has 1 aliphatic rings. The van der Waals surface area contributed by atoms with Crippen LogP contribution in [0.15, 0.2) is 42.5 Å². The first-order valence-electron chi connectivity index (χ1n) is 6.59. The summed E-state index contributed by atoms with van der Waals surface area (Å²) in [5.74, 6) is 0.588. The average molecular weight is 300 g/mol. The Balaban J connectivity index is 1.84. The van der Waals surface area contributed by atoms with Crippen molar-refractivity contribution in [1.29, 1.82) is 0 Å². The van der Waals surface area contributed by atoms with E-state index in [0.717, 1.165) is 0 Å². The van der Waals surface area contributed by atoms with Gasteiger partial charge in [0.2, 0.25) is 0 Å². The molecule has 2 aromatic rings. The maximum Gasteiger partial charge on any atom is 0.282 e. The number of ether oxygens (including phenoxy) is 2. The van der Waals surface area contributed by atoms with Gasteiger partial charge in [-0.1, -0.05) is 12.1 Å². The van der Waals surface area contributed by atoms with Crippen molar-refractivity contribution in [3.05, 3.63) is 58.1 Å². The van der Waals surface area contributed by atoms with E-state index in [2.05, 4.69) is 5.32 Å². The van der Waals surface area contributed by atoms with Crippen LogP contribution >= 0.6 is 0 Å². The third-order valence-electron chi connectivity index (χ3n) is 3.15. The first kappa shape index (κ1) is 13.9. The van der Waals surface area contributed by atoms with Crippen molar-refractivity contribution in [1.82, 2.24) is 0 Å². The van der Waals surface area contributed by atoms with Gasteiger partial charge in [0.25, 0.3) is 11.6 Å². The minimum Gasteiger partial charge on any atom is -0.486 e. The van der Waals surface area contributed by atoms with E-state index in [-0.39, 0.29) is 11.3 Å². The van der Waals surface area contributed by atoms with Gasteiger partial charge >= 0.3 is 0 Å². The van der Waals surface area contributed by atoms with Crippen LogP contribution in [0, 0.1) is 10.1 Å². The number of fused-ring (bicyclic) bond motifs is 1. The lowest BCUT2D eigenvalue weighted by Gasteiger charge is -2.19. The number of benzene rings is 2. The highest BCUT2D eigenvalue weighted by molar-refractivity contribution is 6.07. The van der Waals surface area contributed by atoms with Gasteiger partial charge in [-0.3, -0.25) is 14.9 Å². The Bertz CT molecular complexity index is 744. The zero-order chi connectivity index (χ0) is 15.5. The molecule has 0 radical (unpaired) electrons. The molecule has 0 saturated heterocycles. The van der Waals surface area contributed by atoms with Crippen LogP contribution in [0.5, 0.6) is 11.5 Å². The van der Waals surface area contributed by atoms with Gasteiger partial charge in [0.15, 0.2) is 11.5 Å². The molecule has 112 valence electrons. The smallest absolute Gasteiger partial charge is 0.282 e. The highest BCUT2D eigenvalue weighted by Crippen LogP contribution is 2.33. The minimum atomic E-state index is -0.585. The van der Waals surface area contributed by atoms with E-state index in [0.29, 0.717) is 30.4 Å². The third kappa shape index (κ3) is 2.69. The summed E-state index contributed by atoms with van der Waals surface area (Å²) in [7, 11) is 0. The number of para-hydroxylation sites is 1.